The summed E-state index contributed by atoms with van der Waals surface area (Å²) in [5.74, 6) is 0.863. The zero-order chi connectivity index (χ0) is 18.7. The number of hydrogen-bond acceptors (Lipinski definition) is 4. The van der Waals surface area contributed by atoms with Crippen molar-refractivity contribution >= 4 is 5.96 Å². The second-order valence-electron chi connectivity index (χ2n) is 7.77. The van der Waals surface area contributed by atoms with Gasteiger partial charge in [0.25, 0.3) is 0 Å². The molecular formula is C21H31N3O3. The number of hydrogen-bond donors (Lipinski definition) is 2. The molecule has 0 radical (unpaired) electrons. The molecular weight excluding hydrogens is 342 g/mol. The topological polar surface area (TPSA) is 66.3 Å². The van der Waals surface area contributed by atoms with E-state index in [1.165, 1.54) is 5.56 Å². The summed E-state index contributed by atoms with van der Waals surface area (Å²) in [7, 11) is 0. The molecule has 6 heteroatoms. The van der Waals surface area contributed by atoms with Gasteiger partial charge in [0.2, 0.25) is 0 Å². The van der Waals surface area contributed by atoms with Crippen LogP contribution in [0.25, 0.3) is 0 Å². The SMILES string of the molecule is CCNC(=NCC1(O)CCc2ccccc21)N1CCOC(C2CCCO2)C1. The molecule has 2 aliphatic heterocycles. The molecule has 2 fully saturated rings. The van der Waals surface area contributed by atoms with Crippen LogP contribution < -0.4 is 5.32 Å². The van der Waals surface area contributed by atoms with E-state index in [-0.39, 0.29) is 12.2 Å². The minimum atomic E-state index is -0.864. The van der Waals surface area contributed by atoms with Crippen molar-refractivity contribution in [2.75, 3.05) is 39.4 Å². The molecule has 4 rings (SSSR count). The number of aliphatic hydroxyl groups is 1. The number of aliphatic imine (C=N–C) groups is 1. The van der Waals surface area contributed by atoms with E-state index in [9.17, 15) is 5.11 Å². The van der Waals surface area contributed by atoms with Gasteiger partial charge in [-0.05, 0) is 43.7 Å². The Labute approximate surface area is 161 Å². The Morgan fingerprint density at radius 2 is 2.15 bits per heavy atom. The predicted molar refractivity (Wildman–Crippen MR) is 105 cm³/mol. The standard InChI is InChI=1S/C21H31N3O3/c1-2-22-20(24-11-13-27-19(14-24)18-8-5-12-26-18)23-15-21(25)10-9-16-6-3-4-7-17(16)21/h3-4,6-7,18-19,25H,2,5,8-15H2,1H3,(H,22,23). The average molecular weight is 373 g/mol. The van der Waals surface area contributed by atoms with E-state index in [0.717, 1.165) is 63.4 Å². The number of rotatable bonds is 4. The second kappa shape index (κ2) is 8.17. The van der Waals surface area contributed by atoms with Crippen molar-refractivity contribution in [1.29, 1.82) is 0 Å². The van der Waals surface area contributed by atoms with E-state index in [1.54, 1.807) is 0 Å². The highest BCUT2D eigenvalue weighted by Crippen LogP contribution is 2.37. The molecule has 1 aliphatic carbocycles. The molecule has 27 heavy (non-hydrogen) atoms. The third kappa shape index (κ3) is 3.98. The van der Waals surface area contributed by atoms with Crippen LogP contribution in [0.5, 0.6) is 0 Å². The Morgan fingerprint density at radius 3 is 2.96 bits per heavy atom. The fourth-order valence-electron chi connectivity index (χ4n) is 4.45. The largest absolute Gasteiger partial charge is 0.383 e. The molecule has 0 bridgehead atoms. The normalized spacial score (nSPS) is 31.2. The number of nitrogens with zero attached hydrogens (tertiary/aromatic N) is 2. The van der Waals surface area contributed by atoms with Crippen LogP contribution in [-0.2, 0) is 21.5 Å². The molecule has 148 valence electrons. The third-order valence-corrected chi connectivity index (χ3v) is 5.92. The number of fused-ring (bicyclic) bond motifs is 1. The summed E-state index contributed by atoms with van der Waals surface area (Å²) in [4.78, 5) is 7.09. The van der Waals surface area contributed by atoms with Gasteiger partial charge in [-0.2, -0.15) is 0 Å². The van der Waals surface area contributed by atoms with Gasteiger partial charge in [-0.15, -0.1) is 0 Å². The lowest BCUT2D eigenvalue weighted by atomic mass is 9.96. The van der Waals surface area contributed by atoms with Crippen molar-refractivity contribution in [3.05, 3.63) is 35.4 Å². The van der Waals surface area contributed by atoms with Crippen LogP contribution in [-0.4, -0.2) is 67.6 Å². The van der Waals surface area contributed by atoms with Crippen LogP contribution in [0.1, 0.15) is 37.3 Å². The smallest absolute Gasteiger partial charge is 0.194 e. The molecule has 0 spiro atoms. The zero-order valence-corrected chi connectivity index (χ0v) is 16.2. The summed E-state index contributed by atoms with van der Waals surface area (Å²) in [5.41, 5.74) is 1.41. The Bertz CT molecular complexity index is 674. The van der Waals surface area contributed by atoms with Crippen LogP contribution in [0.2, 0.25) is 0 Å². The summed E-state index contributed by atoms with van der Waals surface area (Å²) >= 11 is 0. The first-order chi connectivity index (χ1) is 13.2. The number of nitrogens with one attached hydrogen (secondary N) is 1. The van der Waals surface area contributed by atoms with E-state index < -0.39 is 5.60 Å². The van der Waals surface area contributed by atoms with Gasteiger partial charge in [-0.3, -0.25) is 0 Å². The van der Waals surface area contributed by atoms with Gasteiger partial charge in [-0.1, -0.05) is 24.3 Å². The van der Waals surface area contributed by atoms with E-state index in [2.05, 4.69) is 23.2 Å². The summed E-state index contributed by atoms with van der Waals surface area (Å²) in [6, 6.07) is 8.18. The number of aryl methyl sites for hydroxylation is 1. The van der Waals surface area contributed by atoms with Gasteiger partial charge in [0, 0.05) is 26.2 Å². The van der Waals surface area contributed by atoms with Crippen LogP contribution >= 0.6 is 0 Å². The maximum atomic E-state index is 11.2. The van der Waals surface area contributed by atoms with Gasteiger partial charge < -0.3 is 24.8 Å². The first kappa shape index (κ1) is 18.7. The molecule has 1 aromatic rings. The van der Waals surface area contributed by atoms with Crippen LogP contribution in [0.3, 0.4) is 0 Å². The van der Waals surface area contributed by atoms with E-state index in [4.69, 9.17) is 14.5 Å². The average Bonchev–Trinajstić information content (AvgIpc) is 3.35. The van der Waals surface area contributed by atoms with Crippen molar-refractivity contribution in [2.45, 2.75) is 50.4 Å². The highest BCUT2D eigenvalue weighted by Gasteiger charge is 2.37. The summed E-state index contributed by atoms with van der Waals surface area (Å²) in [6.45, 7) is 6.37. The minimum absolute atomic E-state index is 0.0976. The van der Waals surface area contributed by atoms with E-state index in [1.807, 2.05) is 18.2 Å². The Balaban J connectivity index is 1.47. The van der Waals surface area contributed by atoms with Gasteiger partial charge >= 0.3 is 0 Å². The lowest BCUT2D eigenvalue weighted by Gasteiger charge is -2.37. The van der Waals surface area contributed by atoms with E-state index in [0.29, 0.717) is 13.2 Å². The Hall–Kier alpha value is -1.63. The van der Waals surface area contributed by atoms with E-state index >= 15 is 0 Å². The van der Waals surface area contributed by atoms with Crippen molar-refractivity contribution in [1.82, 2.24) is 10.2 Å². The fourth-order valence-corrected chi connectivity index (χ4v) is 4.45. The zero-order valence-electron chi connectivity index (χ0n) is 16.2. The predicted octanol–water partition coefficient (Wildman–Crippen LogP) is 1.67. The molecule has 3 aliphatic rings. The highest BCUT2D eigenvalue weighted by molar-refractivity contribution is 5.80. The minimum Gasteiger partial charge on any atom is -0.383 e. The molecule has 3 unspecified atom stereocenters. The summed E-state index contributed by atoms with van der Waals surface area (Å²) in [5, 5.41) is 14.6. The highest BCUT2D eigenvalue weighted by atomic mass is 16.5. The van der Waals surface area contributed by atoms with Gasteiger partial charge in [-0.25, -0.2) is 4.99 Å². The van der Waals surface area contributed by atoms with Crippen molar-refractivity contribution in [2.24, 2.45) is 4.99 Å². The van der Waals surface area contributed by atoms with Crippen LogP contribution in [0.15, 0.2) is 29.3 Å². The van der Waals surface area contributed by atoms with Crippen LogP contribution in [0.4, 0.5) is 0 Å². The third-order valence-electron chi connectivity index (χ3n) is 5.92. The lowest BCUT2D eigenvalue weighted by molar-refractivity contribution is -0.0817. The number of ether oxygens (including phenoxy) is 2. The number of morpholine rings is 1. The quantitative estimate of drug-likeness (QED) is 0.621. The molecule has 0 amide bonds. The molecule has 6 nitrogen and oxygen atoms in total. The first-order valence-corrected chi connectivity index (χ1v) is 10.3. The van der Waals surface area contributed by atoms with Crippen molar-refractivity contribution in [3.63, 3.8) is 0 Å². The lowest BCUT2D eigenvalue weighted by Crippen LogP contribution is -2.53. The fraction of sp³-hybridized carbons (Fsp3) is 0.667. The monoisotopic (exact) mass is 373 g/mol. The summed E-state index contributed by atoms with van der Waals surface area (Å²) < 4.78 is 11.8. The number of benzene rings is 1. The molecule has 0 saturated carbocycles. The molecule has 2 saturated heterocycles. The molecule has 0 aromatic heterocycles. The Morgan fingerprint density at radius 1 is 1.30 bits per heavy atom. The Kier molecular flexibility index (Phi) is 5.66. The summed E-state index contributed by atoms with van der Waals surface area (Å²) in [6.07, 6.45) is 4.13. The maximum Gasteiger partial charge on any atom is 0.194 e. The van der Waals surface area contributed by atoms with Gasteiger partial charge in [0.15, 0.2) is 5.96 Å². The molecule has 1 aromatic carbocycles. The molecule has 2 heterocycles. The van der Waals surface area contributed by atoms with Crippen LogP contribution in [0, 0.1) is 0 Å². The van der Waals surface area contributed by atoms with Crippen molar-refractivity contribution in [3.8, 4) is 0 Å². The molecule has 2 N–H and O–H groups in total. The maximum absolute atomic E-state index is 11.2. The first-order valence-electron chi connectivity index (χ1n) is 10.3. The van der Waals surface area contributed by atoms with Gasteiger partial charge in [0.1, 0.15) is 11.7 Å². The molecule has 3 atom stereocenters. The number of guanidine groups is 1. The van der Waals surface area contributed by atoms with Crippen molar-refractivity contribution < 1.29 is 14.6 Å². The second-order valence-corrected chi connectivity index (χ2v) is 7.77. The van der Waals surface area contributed by atoms with Gasteiger partial charge in [0.05, 0.1) is 19.3 Å².